The Morgan fingerprint density at radius 2 is 1.75 bits per heavy atom. The minimum Gasteiger partial charge on any atom is -0.482 e. The van der Waals surface area contributed by atoms with Crippen molar-refractivity contribution in [3.8, 4) is 11.4 Å². The summed E-state index contributed by atoms with van der Waals surface area (Å²) in [5, 5.41) is 4.81. The topological polar surface area (TPSA) is 70.4 Å². The van der Waals surface area contributed by atoms with Crippen molar-refractivity contribution in [3.63, 3.8) is 0 Å². The third-order valence-electron chi connectivity index (χ3n) is 4.12. The summed E-state index contributed by atoms with van der Waals surface area (Å²) in [4.78, 5) is 23.3. The molecule has 3 rings (SSSR count). The third-order valence-corrected chi connectivity index (χ3v) is 4.51. The van der Waals surface area contributed by atoms with Crippen molar-refractivity contribution in [2.75, 3.05) is 6.61 Å². The van der Waals surface area contributed by atoms with Crippen LogP contribution in [0.3, 0.4) is 0 Å². The van der Waals surface area contributed by atoms with Crippen LogP contribution in [0, 0.1) is 6.92 Å². The van der Waals surface area contributed by atoms with E-state index in [2.05, 4.69) is 5.10 Å². The van der Waals surface area contributed by atoms with Gasteiger partial charge in [0.1, 0.15) is 17.5 Å². The van der Waals surface area contributed by atoms with Gasteiger partial charge < -0.3 is 9.47 Å². The van der Waals surface area contributed by atoms with Gasteiger partial charge >= 0.3 is 5.97 Å². The Morgan fingerprint density at radius 1 is 1.07 bits per heavy atom. The number of nitrogens with zero attached hydrogens (tertiary/aromatic N) is 2. The number of aromatic nitrogens is 2. The molecule has 0 aliphatic rings. The molecule has 3 aromatic rings. The maximum atomic E-state index is 12.0. The highest BCUT2D eigenvalue weighted by Gasteiger charge is 2.16. The van der Waals surface area contributed by atoms with Crippen molar-refractivity contribution in [3.05, 3.63) is 76.6 Å². The normalized spacial score (nSPS) is 10.5. The molecule has 0 unspecified atom stereocenters. The van der Waals surface area contributed by atoms with E-state index in [1.807, 2.05) is 37.3 Å². The van der Waals surface area contributed by atoms with E-state index in [-0.39, 0.29) is 19.0 Å². The first-order valence-corrected chi connectivity index (χ1v) is 9.02. The molecule has 0 aliphatic carbocycles. The minimum atomic E-state index is -0.529. The average molecular weight is 399 g/mol. The predicted octanol–water partition coefficient (Wildman–Crippen LogP) is 4.16. The number of aryl methyl sites for hydroxylation is 1. The zero-order chi connectivity index (χ0) is 20.1. The predicted molar refractivity (Wildman–Crippen MR) is 105 cm³/mol. The lowest BCUT2D eigenvalue weighted by Gasteiger charge is -2.08. The molecule has 1 aromatic heterocycles. The first-order valence-electron chi connectivity index (χ1n) is 8.64. The molecule has 7 heteroatoms. The molecule has 0 bridgehead atoms. The molecule has 6 nitrogen and oxygen atoms in total. The van der Waals surface area contributed by atoms with Crippen molar-refractivity contribution in [2.45, 2.75) is 20.5 Å². The summed E-state index contributed by atoms with van der Waals surface area (Å²) < 4.78 is 12.3. The van der Waals surface area contributed by atoms with Gasteiger partial charge in [-0.15, -0.1) is 0 Å². The number of benzene rings is 2. The smallest absolute Gasteiger partial charge is 0.344 e. The lowest BCUT2D eigenvalue weighted by molar-refractivity contribution is -0.147. The molecule has 0 saturated heterocycles. The highest BCUT2D eigenvalue weighted by Crippen LogP contribution is 2.24. The molecule has 28 heavy (non-hydrogen) atoms. The van der Waals surface area contributed by atoms with E-state index in [0.29, 0.717) is 27.7 Å². The quantitative estimate of drug-likeness (QED) is 0.441. The second-order valence-corrected chi connectivity index (χ2v) is 6.49. The van der Waals surface area contributed by atoms with E-state index in [9.17, 15) is 9.59 Å². The molecule has 0 aliphatic heterocycles. The summed E-state index contributed by atoms with van der Waals surface area (Å²) in [6, 6.07) is 16.0. The molecule has 0 fully saturated rings. The molecule has 0 atom stereocenters. The number of hydrogen-bond acceptors (Lipinski definition) is 5. The first kappa shape index (κ1) is 19.6. The van der Waals surface area contributed by atoms with Crippen molar-refractivity contribution in [1.29, 1.82) is 0 Å². The number of halogens is 1. The number of Topliss-reactive ketones (excluding diaryl/α,β-unsaturated/α-hetero) is 1. The minimum absolute atomic E-state index is 0.00294. The average Bonchev–Trinajstić information content (AvgIpc) is 2.99. The maximum absolute atomic E-state index is 12.0. The Kier molecular flexibility index (Phi) is 6.11. The van der Waals surface area contributed by atoms with Gasteiger partial charge in [-0.2, -0.15) is 5.10 Å². The molecule has 2 aromatic carbocycles. The van der Waals surface area contributed by atoms with Gasteiger partial charge in [-0.25, -0.2) is 9.48 Å². The van der Waals surface area contributed by atoms with Crippen LogP contribution in [0.25, 0.3) is 5.69 Å². The Hall–Kier alpha value is -3.12. The molecule has 0 spiro atoms. The van der Waals surface area contributed by atoms with Crippen molar-refractivity contribution < 1.29 is 19.1 Å². The molecular formula is C21H19ClN2O4. The fraction of sp³-hybridized carbons (Fsp3) is 0.190. The number of rotatable bonds is 7. The maximum Gasteiger partial charge on any atom is 0.344 e. The van der Waals surface area contributed by atoms with E-state index < -0.39 is 5.97 Å². The SMILES string of the molecule is CC(=O)c1ccc(OCC(=O)OCc2c(C)nn(-c3ccccc3)c2Cl)cc1. The molecule has 0 saturated carbocycles. The fourth-order valence-electron chi connectivity index (χ4n) is 2.56. The van der Waals surface area contributed by atoms with Crippen molar-refractivity contribution >= 4 is 23.4 Å². The van der Waals surface area contributed by atoms with Gasteiger partial charge in [0.2, 0.25) is 0 Å². The van der Waals surface area contributed by atoms with Gasteiger partial charge in [0, 0.05) is 11.1 Å². The largest absolute Gasteiger partial charge is 0.482 e. The van der Waals surface area contributed by atoms with Gasteiger partial charge in [0.15, 0.2) is 12.4 Å². The highest BCUT2D eigenvalue weighted by atomic mass is 35.5. The molecule has 144 valence electrons. The zero-order valence-corrected chi connectivity index (χ0v) is 16.3. The zero-order valence-electron chi connectivity index (χ0n) is 15.5. The Balaban J connectivity index is 1.57. The lowest BCUT2D eigenvalue weighted by Crippen LogP contribution is -2.15. The standard InChI is InChI=1S/C21H19ClN2O4/c1-14-19(21(22)24(23-14)17-6-4-3-5-7-17)12-28-20(26)13-27-18-10-8-16(9-11-18)15(2)25/h3-11H,12-13H2,1-2H3. The number of ether oxygens (including phenoxy) is 2. The van der Waals surface area contributed by atoms with Crippen LogP contribution in [0.5, 0.6) is 5.75 Å². The van der Waals surface area contributed by atoms with Gasteiger partial charge in [0.05, 0.1) is 11.4 Å². The van der Waals surface area contributed by atoms with E-state index in [1.165, 1.54) is 6.92 Å². The van der Waals surface area contributed by atoms with Crippen LogP contribution in [0.2, 0.25) is 5.15 Å². The number of esters is 1. The van der Waals surface area contributed by atoms with Gasteiger partial charge in [0.25, 0.3) is 0 Å². The summed E-state index contributed by atoms with van der Waals surface area (Å²) in [6.07, 6.45) is 0. The Bertz CT molecular complexity index is 982. The number of carbonyl (C=O) groups excluding carboxylic acids is 2. The second-order valence-electron chi connectivity index (χ2n) is 6.13. The number of para-hydroxylation sites is 1. The van der Waals surface area contributed by atoms with Gasteiger partial charge in [-0.05, 0) is 50.2 Å². The van der Waals surface area contributed by atoms with Crippen molar-refractivity contribution in [2.24, 2.45) is 0 Å². The summed E-state index contributed by atoms with van der Waals surface area (Å²) in [5.41, 5.74) is 2.73. The monoisotopic (exact) mass is 398 g/mol. The van der Waals surface area contributed by atoms with Crippen LogP contribution in [-0.2, 0) is 16.1 Å². The Morgan fingerprint density at radius 3 is 2.39 bits per heavy atom. The third kappa shape index (κ3) is 4.58. The second kappa shape index (κ2) is 8.71. The van der Waals surface area contributed by atoms with Crippen molar-refractivity contribution in [1.82, 2.24) is 9.78 Å². The molecule has 1 heterocycles. The molecule has 0 amide bonds. The van der Waals surface area contributed by atoms with Crippen LogP contribution in [-0.4, -0.2) is 28.1 Å². The van der Waals surface area contributed by atoms with E-state index in [4.69, 9.17) is 21.1 Å². The summed E-state index contributed by atoms with van der Waals surface area (Å²) in [7, 11) is 0. The molecule has 0 radical (unpaired) electrons. The molecule has 0 N–H and O–H groups in total. The van der Waals surface area contributed by atoms with E-state index in [0.717, 1.165) is 5.69 Å². The number of hydrogen-bond donors (Lipinski definition) is 0. The van der Waals surface area contributed by atoms with Gasteiger partial charge in [-0.1, -0.05) is 29.8 Å². The fourth-order valence-corrected chi connectivity index (χ4v) is 2.88. The summed E-state index contributed by atoms with van der Waals surface area (Å²) >= 11 is 6.41. The van der Waals surface area contributed by atoms with Crippen LogP contribution >= 0.6 is 11.6 Å². The van der Waals surface area contributed by atoms with Crippen LogP contribution in [0.15, 0.2) is 54.6 Å². The van der Waals surface area contributed by atoms with E-state index >= 15 is 0 Å². The lowest BCUT2D eigenvalue weighted by atomic mass is 10.1. The van der Waals surface area contributed by atoms with E-state index in [1.54, 1.807) is 28.9 Å². The van der Waals surface area contributed by atoms with Crippen LogP contribution in [0.4, 0.5) is 0 Å². The van der Waals surface area contributed by atoms with Gasteiger partial charge in [-0.3, -0.25) is 4.79 Å². The summed E-state index contributed by atoms with van der Waals surface area (Å²) in [5.74, 6) is -0.0825. The Labute approximate surface area is 167 Å². The number of carbonyl (C=O) groups is 2. The first-order chi connectivity index (χ1) is 13.5. The van der Waals surface area contributed by atoms with Crippen LogP contribution in [0.1, 0.15) is 28.5 Å². The number of ketones is 1. The molecular weight excluding hydrogens is 380 g/mol. The van der Waals surface area contributed by atoms with Crippen LogP contribution < -0.4 is 4.74 Å². The summed E-state index contributed by atoms with van der Waals surface area (Å²) in [6.45, 7) is 3.05. The highest BCUT2D eigenvalue weighted by molar-refractivity contribution is 6.30.